The number of hydrogen-bond donors (Lipinski definition) is 3. The molecule has 1 heterocycles. The highest BCUT2D eigenvalue weighted by Crippen LogP contribution is 2.30. The van der Waals surface area contributed by atoms with Crippen molar-refractivity contribution in [1.29, 1.82) is 0 Å². The Balaban J connectivity index is 1.75. The van der Waals surface area contributed by atoms with Crippen molar-refractivity contribution in [3.8, 4) is 0 Å². The number of anilines is 2. The quantitative estimate of drug-likeness (QED) is 0.378. The minimum absolute atomic E-state index is 0.0912. The van der Waals surface area contributed by atoms with Crippen LogP contribution in [0.2, 0.25) is 5.02 Å². The number of carbonyl (C=O) groups is 1. The fraction of sp³-hybridized carbons (Fsp3) is 0.389. The van der Waals surface area contributed by atoms with Gasteiger partial charge in [-0.25, -0.2) is 9.97 Å². The van der Waals surface area contributed by atoms with Gasteiger partial charge in [0.05, 0.1) is 4.92 Å². The Kier molecular flexibility index (Phi) is 6.59. The van der Waals surface area contributed by atoms with Gasteiger partial charge in [-0.1, -0.05) is 43.4 Å². The van der Waals surface area contributed by atoms with Gasteiger partial charge in [0.2, 0.25) is 11.6 Å². The first kappa shape index (κ1) is 19.8. The molecule has 9 nitrogen and oxygen atoms in total. The summed E-state index contributed by atoms with van der Waals surface area (Å²) in [5.41, 5.74) is 4.94. The van der Waals surface area contributed by atoms with E-state index in [9.17, 15) is 14.9 Å². The van der Waals surface area contributed by atoms with Crippen molar-refractivity contribution in [3.05, 3.63) is 51.3 Å². The number of aromatic nitrogens is 2. The van der Waals surface area contributed by atoms with Crippen molar-refractivity contribution in [2.75, 3.05) is 10.7 Å². The van der Waals surface area contributed by atoms with Gasteiger partial charge in [0.1, 0.15) is 6.33 Å². The van der Waals surface area contributed by atoms with Crippen molar-refractivity contribution < 1.29 is 9.72 Å². The summed E-state index contributed by atoms with van der Waals surface area (Å²) in [6.45, 7) is 0. The highest BCUT2D eigenvalue weighted by atomic mass is 35.5. The van der Waals surface area contributed by atoms with Gasteiger partial charge in [0.25, 0.3) is 5.91 Å². The van der Waals surface area contributed by atoms with Crippen molar-refractivity contribution in [1.82, 2.24) is 15.4 Å². The predicted octanol–water partition coefficient (Wildman–Crippen LogP) is 3.93. The molecule has 1 amide bonds. The molecule has 0 aliphatic heterocycles. The summed E-state index contributed by atoms with van der Waals surface area (Å²) < 4.78 is 0. The van der Waals surface area contributed by atoms with E-state index in [1.54, 1.807) is 18.2 Å². The molecule has 0 spiro atoms. The maximum absolute atomic E-state index is 12.2. The SMILES string of the molecule is O=C(NNc1ncnc(NC2CCCCCC2)c1[N+](=O)[O-])c1cccc(Cl)c1. The van der Waals surface area contributed by atoms with Gasteiger partial charge in [0.15, 0.2) is 0 Å². The van der Waals surface area contributed by atoms with Crippen LogP contribution in [0.15, 0.2) is 30.6 Å². The molecule has 148 valence electrons. The number of nitro groups is 1. The highest BCUT2D eigenvalue weighted by molar-refractivity contribution is 6.30. The monoisotopic (exact) mass is 404 g/mol. The third-order valence-corrected chi connectivity index (χ3v) is 4.82. The lowest BCUT2D eigenvalue weighted by molar-refractivity contribution is -0.383. The molecule has 28 heavy (non-hydrogen) atoms. The Hall–Kier alpha value is -2.94. The fourth-order valence-corrected chi connectivity index (χ4v) is 3.37. The lowest BCUT2D eigenvalue weighted by atomic mass is 10.1. The van der Waals surface area contributed by atoms with Crippen LogP contribution < -0.4 is 16.2 Å². The van der Waals surface area contributed by atoms with Crippen molar-refractivity contribution in [2.45, 2.75) is 44.6 Å². The van der Waals surface area contributed by atoms with Crippen LogP contribution in [-0.2, 0) is 0 Å². The molecule has 0 radical (unpaired) electrons. The third-order valence-electron chi connectivity index (χ3n) is 4.58. The number of nitrogens with zero attached hydrogens (tertiary/aromatic N) is 3. The van der Waals surface area contributed by atoms with Gasteiger partial charge in [-0.3, -0.25) is 25.8 Å². The number of amides is 1. The van der Waals surface area contributed by atoms with Crippen LogP contribution in [0.5, 0.6) is 0 Å². The third kappa shape index (κ3) is 5.07. The maximum Gasteiger partial charge on any atom is 0.354 e. The van der Waals surface area contributed by atoms with Crippen molar-refractivity contribution in [3.63, 3.8) is 0 Å². The van der Waals surface area contributed by atoms with E-state index < -0.39 is 10.8 Å². The number of rotatable bonds is 6. The first-order valence-corrected chi connectivity index (χ1v) is 9.50. The van der Waals surface area contributed by atoms with Gasteiger partial charge in [-0.05, 0) is 31.0 Å². The van der Waals surface area contributed by atoms with Crippen molar-refractivity contribution in [2.24, 2.45) is 0 Å². The smallest absolute Gasteiger partial charge is 0.354 e. The van der Waals surface area contributed by atoms with Crippen molar-refractivity contribution >= 4 is 34.8 Å². The van der Waals surface area contributed by atoms with Crippen LogP contribution in [0.4, 0.5) is 17.3 Å². The molecule has 2 aromatic rings. The van der Waals surface area contributed by atoms with E-state index in [4.69, 9.17) is 11.6 Å². The Morgan fingerprint density at radius 3 is 2.54 bits per heavy atom. The van der Waals surface area contributed by atoms with E-state index in [-0.39, 0.29) is 23.4 Å². The second-order valence-electron chi connectivity index (χ2n) is 6.60. The van der Waals surface area contributed by atoms with E-state index in [0.29, 0.717) is 10.6 Å². The van der Waals surface area contributed by atoms with Gasteiger partial charge < -0.3 is 5.32 Å². The van der Waals surface area contributed by atoms with E-state index in [1.807, 2.05) is 0 Å². The molecule has 3 N–H and O–H groups in total. The van der Waals surface area contributed by atoms with Crippen LogP contribution in [0.25, 0.3) is 0 Å². The number of nitrogens with one attached hydrogen (secondary N) is 3. The minimum Gasteiger partial charge on any atom is -0.361 e. The van der Waals surface area contributed by atoms with Gasteiger partial charge >= 0.3 is 5.69 Å². The molecule has 1 fully saturated rings. The number of halogens is 1. The average molecular weight is 405 g/mol. The zero-order valence-corrected chi connectivity index (χ0v) is 15.9. The Morgan fingerprint density at radius 2 is 1.86 bits per heavy atom. The number of benzene rings is 1. The number of carbonyl (C=O) groups excluding carboxylic acids is 1. The summed E-state index contributed by atoms with van der Waals surface area (Å²) in [6.07, 6.45) is 7.61. The number of hydrogen-bond acceptors (Lipinski definition) is 7. The normalized spacial score (nSPS) is 14.8. The molecule has 0 unspecified atom stereocenters. The summed E-state index contributed by atoms with van der Waals surface area (Å²) in [7, 11) is 0. The zero-order valence-electron chi connectivity index (χ0n) is 15.2. The molecular formula is C18H21ClN6O3. The molecule has 1 aromatic carbocycles. The summed E-state index contributed by atoms with van der Waals surface area (Å²) in [6, 6.07) is 6.48. The lowest BCUT2D eigenvalue weighted by Gasteiger charge is -2.17. The van der Waals surface area contributed by atoms with Gasteiger partial charge in [-0.2, -0.15) is 0 Å². The topological polar surface area (TPSA) is 122 Å². The van der Waals surface area contributed by atoms with Crippen LogP contribution in [0.1, 0.15) is 48.9 Å². The molecule has 3 rings (SSSR count). The van der Waals surface area contributed by atoms with Crippen LogP contribution in [0.3, 0.4) is 0 Å². The van der Waals surface area contributed by atoms with Gasteiger partial charge in [-0.15, -0.1) is 0 Å². The molecule has 0 bridgehead atoms. The first-order chi connectivity index (χ1) is 13.5. The molecule has 0 saturated heterocycles. The standard InChI is InChI=1S/C18H21ClN6O3/c19-13-7-5-6-12(10-13)18(26)24-23-17-15(25(27)28)16(20-11-21-17)22-14-8-3-1-2-4-9-14/h5-7,10-11,14H,1-4,8-9H2,(H,24,26)(H2,20,21,22,23). The first-order valence-electron chi connectivity index (χ1n) is 9.12. The maximum atomic E-state index is 12.2. The Labute approximate surface area is 167 Å². The number of hydrazine groups is 1. The predicted molar refractivity (Wildman–Crippen MR) is 106 cm³/mol. The summed E-state index contributed by atoms with van der Waals surface area (Å²) in [5.74, 6) is -0.438. The molecular weight excluding hydrogens is 384 g/mol. The Morgan fingerprint density at radius 1 is 1.14 bits per heavy atom. The summed E-state index contributed by atoms with van der Waals surface area (Å²) >= 11 is 5.88. The molecule has 1 saturated carbocycles. The average Bonchev–Trinajstić information content (AvgIpc) is 2.94. The second-order valence-corrected chi connectivity index (χ2v) is 7.04. The summed E-state index contributed by atoms with van der Waals surface area (Å²) in [5, 5.41) is 15.2. The minimum atomic E-state index is -0.563. The largest absolute Gasteiger partial charge is 0.361 e. The van der Waals surface area contributed by atoms with Crippen LogP contribution >= 0.6 is 11.6 Å². The van der Waals surface area contributed by atoms with Crippen LogP contribution in [0, 0.1) is 10.1 Å². The lowest BCUT2D eigenvalue weighted by Crippen LogP contribution is -2.30. The molecule has 1 aromatic heterocycles. The van der Waals surface area contributed by atoms with E-state index >= 15 is 0 Å². The van der Waals surface area contributed by atoms with E-state index in [2.05, 4.69) is 26.1 Å². The zero-order chi connectivity index (χ0) is 19.9. The summed E-state index contributed by atoms with van der Waals surface area (Å²) in [4.78, 5) is 31.3. The van der Waals surface area contributed by atoms with Crippen LogP contribution in [-0.4, -0.2) is 26.8 Å². The van der Waals surface area contributed by atoms with E-state index in [1.165, 1.54) is 25.2 Å². The molecule has 0 atom stereocenters. The molecule has 1 aliphatic rings. The Bertz CT molecular complexity index is 855. The molecule has 1 aliphatic carbocycles. The second kappa shape index (κ2) is 9.32. The molecule has 10 heteroatoms. The van der Waals surface area contributed by atoms with Gasteiger partial charge in [0, 0.05) is 16.6 Å². The van der Waals surface area contributed by atoms with E-state index in [0.717, 1.165) is 25.7 Å². The highest BCUT2D eigenvalue weighted by Gasteiger charge is 2.25. The fourth-order valence-electron chi connectivity index (χ4n) is 3.18.